The summed E-state index contributed by atoms with van der Waals surface area (Å²) in [7, 11) is 0. The molecule has 1 unspecified atom stereocenters. The molecule has 1 amide bonds. The van der Waals surface area contributed by atoms with Crippen molar-refractivity contribution < 1.29 is 4.79 Å². The lowest BCUT2D eigenvalue weighted by atomic mass is 10.0. The molecule has 0 aliphatic heterocycles. The molecule has 0 saturated heterocycles. The second-order valence-corrected chi connectivity index (χ2v) is 5.38. The van der Waals surface area contributed by atoms with E-state index in [-0.39, 0.29) is 17.9 Å². The van der Waals surface area contributed by atoms with Crippen LogP contribution in [0.4, 0.5) is 0 Å². The molecule has 2 atom stereocenters. The smallest absolute Gasteiger partial charge is 0.237 e. The van der Waals surface area contributed by atoms with Crippen LogP contribution in [0.1, 0.15) is 26.3 Å². The van der Waals surface area contributed by atoms with Crippen LogP contribution in [0.15, 0.2) is 24.3 Å². The molecule has 0 aliphatic carbocycles. The number of rotatable bonds is 5. The highest BCUT2D eigenvalue weighted by molar-refractivity contribution is 6.31. The molecule has 4 heteroatoms. The molecule has 0 saturated carbocycles. The maximum absolute atomic E-state index is 11.8. The summed E-state index contributed by atoms with van der Waals surface area (Å²) in [6, 6.07) is 7.21. The van der Waals surface area contributed by atoms with Gasteiger partial charge in [-0.2, -0.15) is 0 Å². The Labute approximate surface area is 114 Å². The number of carbonyl (C=O) groups is 1. The maximum Gasteiger partial charge on any atom is 0.237 e. The summed E-state index contributed by atoms with van der Waals surface area (Å²) in [5.74, 6) is 0.0297. The van der Waals surface area contributed by atoms with Crippen molar-refractivity contribution in [2.24, 2.45) is 11.7 Å². The van der Waals surface area contributed by atoms with Gasteiger partial charge in [-0.05, 0) is 30.9 Å². The van der Waals surface area contributed by atoms with Gasteiger partial charge in [-0.25, -0.2) is 0 Å². The summed E-state index contributed by atoms with van der Waals surface area (Å²) in [6.45, 7) is 5.82. The van der Waals surface area contributed by atoms with E-state index in [0.29, 0.717) is 6.42 Å². The minimum atomic E-state index is -0.460. The second-order valence-electron chi connectivity index (χ2n) is 4.97. The normalized spacial score (nSPS) is 14.3. The summed E-state index contributed by atoms with van der Waals surface area (Å²) in [4.78, 5) is 11.8. The number of nitrogens with one attached hydrogen (secondary N) is 1. The monoisotopic (exact) mass is 268 g/mol. The first-order valence-corrected chi connectivity index (χ1v) is 6.59. The molecule has 1 rings (SSSR count). The number of halogens is 1. The number of hydrogen-bond acceptors (Lipinski definition) is 2. The first-order valence-electron chi connectivity index (χ1n) is 6.21. The highest BCUT2D eigenvalue weighted by Gasteiger charge is 2.19. The molecule has 18 heavy (non-hydrogen) atoms. The molecule has 0 bridgehead atoms. The third kappa shape index (κ3) is 4.31. The molecule has 100 valence electrons. The van der Waals surface area contributed by atoms with Crippen LogP contribution in [-0.4, -0.2) is 18.0 Å². The fraction of sp³-hybridized carbons (Fsp3) is 0.500. The number of benzene rings is 1. The van der Waals surface area contributed by atoms with Crippen LogP contribution in [0.25, 0.3) is 0 Å². The molecule has 0 heterocycles. The van der Waals surface area contributed by atoms with Crippen LogP contribution in [-0.2, 0) is 11.2 Å². The van der Waals surface area contributed by atoms with E-state index in [1.54, 1.807) is 0 Å². The van der Waals surface area contributed by atoms with Gasteiger partial charge < -0.3 is 11.1 Å². The summed E-state index contributed by atoms with van der Waals surface area (Å²) in [6.07, 6.45) is 0.705. The van der Waals surface area contributed by atoms with Crippen molar-refractivity contribution >= 4 is 17.5 Å². The Morgan fingerprint density at radius 3 is 2.50 bits per heavy atom. The van der Waals surface area contributed by atoms with Gasteiger partial charge in [0.1, 0.15) is 0 Å². The fourth-order valence-electron chi connectivity index (χ4n) is 1.69. The van der Waals surface area contributed by atoms with E-state index in [2.05, 4.69) is 5.32 Å². The lowest BCUT2D eigenvalue weighted by Gasteiger charge is -2.20. The average molecular weight is 269 g/mol. The van der Waals surface area contributed by atoms with Crippen LogP contribution in [0.2, 0.25) is 5.02 Å². The molecule has 3 N–H and O–H groups in total. The van der Waals surface area contributed by atoms with Crippen LogP contribution in [0.5, 0.6) is 0 Å². The van der Waals surface area contributed by atoms with Crippen molar-refractivity contribution in [2.45, 2.75) is 39.3 Å². The van der Waals surface area contributed by atoms with Gasteiger partial charge in [0.2, 0.25) is 5.91 Å². The Morgan fingerprint density at radius 1 is 1.33 bits per heavy atom. The molecule has 0 aromatic heterocycles. The molecule has 3 nitrogen and oxygen atoms in total. The molecule has 1 aromatic carbocycles. The zero-order chi connectivity index (χ0) is 13.7. The van der Waals surface area contributed by atoms with Gasteiger partial charge in [0.15, 0.2) is 0 Å². The quantitative estimate of drug-likeness (QED) is 0.861. The summed E-state index contributed by atoms with van der Waals surface area (Å²) >= 11 is 6.08. The number of hydrogen-bond donors (Lipinski definition) is 2. The van der Waals surface area contributed by atoms with Gasteiger partial charge in [0, 0.05) is 11.1 Å². The van der Waals surface area contributed by atoms with E-state index in [1.165, 1.54) is 0 Å². The molecule has 0 aliphatic rings. The standard InChI is InChI=1S/C14H21ClN2O/c1-9(2)13(16)14(18)17-10(3)8-11-6-4-5-7-12(11)15/h4-7,9-10,13H,8,16H2,1-3H3,(H,17,18)/t10?,13-/m0/s1. The second kappa shape index (κ2) is 6.76. The third-order valence-corrected chi connectivity index (χ3v) is 3.26. The van der Waals surface area contributed by atoms with Gasteiger partial charge in [0.25, 0.3) is 0 Å². The van der Waals surface area contributed by atoms with E-state index >= 15 is 0 Å². The summed E-state index contributed by atoms with van der Waals surface area (Å²) in [5, 5.41) is 3.64. The maximum atomic E-state index is 11.8. The van der Waals surface area contributed by atoms with Crippen LogP contribution < -0.4 is 11.1 Å². The topological polar surface area (TPSA) is 55.1 Å². The summed E-state index contributed by atoms with van der Waals surface area (Å²) < 4.78 is 0. The van der Waals surface area contributed by atoms with Gasteiger partial charge in [-0.1, -0.05) is 43.6 Å². The Kier molecular flexibility index (Phi) is 5.63. The van der Waals surface area contributed by atoms with Gasteiger partial charge in [0.05, 0.1) is 6.04 Å². The summed E-state index contributed by atoms with van der Waals surface area (Å²) in [5.41, 5.74) is 6.83. The van der Waals surface area contributed by atoms with Crippen LogP contribution in [0.3, 0.4) is 0 Å². The van der Waals surface area contributed by atoms with E-state index in [1.807, 2.05) is 45.0 Å². The Bertz CT molecular complexity index is 407. The first-order chi connectivity index (χ1) is 8.41. The predicted octanol–water partition coefficient (Wildman–Crippen LogP) is 2.37. The predicted molar refractivity (Wildman–Crippen MR) is 75.6 cm³/mol. The minimum absolute atomic E-state index is 0.0159. The highest BCUT2D eigenvalue weighted by atomic mass is 35.5. The van der Waals surface area contributed by atoms with Gasteiger partial charge >= 0.3 is 0 Å². The van der Waals surface area contributed by atoms with Crippen molar-refractivity contribution in [1.29, 1.82) is 0 Å². The van der Waals surface area contributed by atoms with Crippen molar-refractivity contribution in [3.63, 3.8) is 0 Å². The van der Waals surface area contributed by atoms with Crippen molar-refractivity contribution in [3.8, 4) is 0 Å². The molecule has 0 fully saturated rings. The number of carbonyl (C=O) groups excluding carboxylic acids is 1. The zero-order valence-corrected chi connectivity index (χ0v) is 11.9. The van der Waals surface area contributed by atoms with Gasteiger partial charge in [-0.3, -0.25) is 4.79 Å². The van der Waals surface area contributed by atoms with Crippen LogP contribution >= 0.6 is 11.6 Å². The third-order valence-electron chi connectivity index (χ3n) is 2.89. The molecular weight excluding hydrogens is 248 g/mol. The Hall–Kier alpha value is -1.06. The Morgan fingerprint density at radius 2 is 1.94 bits per heavy atom. The average Bonchev–Trinajstić information content (AvgIpc) is 2.30. The van der Waals surface area contributed by atoms with E-state index in [4.69, 9.17) is 17.3 Å². The molecule has 0 spiro atoms. The highest BCUT2D eigenvalue weighted by Crippen LogP contribution is 2.16. The van der Waals surface area contributed by atoms with E-state index in [0.717, 1.165) is 10.6 Å². The van der Waals surface area contributed by atoms with Gasteiger partial charge in [-0.15, -0.1) is 0 Å². The fourth-order valence-corrected chi connectivity index (χ4v) is 1.90. The SMILES string of the molecule is CC(Cc1ccccc1Cl)NC(=O)[C@@H](N)C(C)C. The number of amides is 1. The van der Waals surface area contributed by atoms with Crippen molar-refractivity contribution in [3.05, 3.63) is 34.9 Å². The molecule has 0 radical (unpaired) electrons. The molecular formula is C14H21ClN2O. The lowest BCUT2D eigenvalue weighted by molar-refractivity contribution is -0.123. The number of nitrogens with two attached hydrogens (primary N) is 1. The molecule has 1 aromatic rings. The van der Waals surface area contributed by atoms with Crippen LogP contribution in [0, 0.1) is 5.92 Å². The largest absolute Gasteiger partial charge is 0.352 e. The first kappa shape index (κ1) is 15.0. The zero-order valence-electron chi connectivity index (χ0n) is 11.1. The van der Waals surface area contributed by atoms with E-state index in [9.17, 15) is 4.79 Å². The lowest BCUT2D eigenvalue weighted by Crippen LogP contribution is -2.47. The Balaban J connectivity index is 2.55. The van der Waals surface area contributed by atoms with Crippen molar-refractivity contribution in [2.75, 3.05) is 0 Å². The van der Waals surface area contributed by atoms with Crippen molar-refractivity contribution in [1.82, 2.24) is 5.32 Å². The minimum Gasteiger partial charge on any atom is -0.352 e. The van der Waals surface area contributed by atoms with E-state index < -0.39 is 6.04 Å².